The Morgan fingerprint density at radius 3 is 2.29 bits per heavy atom. The number of fused-ring (bicyclic) bond motifs is 1. The molecule has 2 aliphatic heterocycles. The Bertz CT molecular complexity index is 1610. The first-order chi connectivity index (χ1) is 19.5. The lowest BCUT2D eigenvalue weighted by atomic mass is 9.99. The third-order valence-electron chi connectivity index (χ3n) is 6.46. The van der Waals surface area contributed by atoms with Crippen LogP contribution in [-0.4, -0.2) is 79.0 Å². The molecule has 1 aliphatic carbocycles. The van der Waals surface area contributed by atoms with Gasteiger partial charge in [0, 0.05) is 17.7 Å². The summed E-state index contributed by atoms with van der Waals surface area (Å²) in [6.07, 6.45) is -8.46. The fourth-order valence-corrected chi connectivity index (χ4v) is 4.29. The maximum atomic E-state index is 12.4. The number of benzene rings is 3. The van der Waals surface area contributed by atoms with Crippen LogP contribution in [0.2, 0.25) is 0 Å². The molecule has 0 bridgehead atoms. The summed E-state index contributed by atoms with van der Waals surface area (Å²) in [7, 11) is 0. The number of aliphatic hydroxyl groups excluding tert-OH is 3. The molecule has 1 fully saturated rings. The van der Waals surface area contributed by atoms with E-state index in [0.29, 0.717) is 0 Å². The second-order valence-electron chi connectivity index (χ2n) is 9.25. The van der Waals surface area contributed by atoms with Gasteiger partial charge in [0.05, 0.1) is 5.56 Å². The summed E-state index contributed by atoms with van der Waals surface area (Å²) in [5.74, 6) is -3.04. The van der Waals surface area contributed by atoms with Gasteiger partial charge in [-0.1, -0.05) is 12.1 Å². The minimum atomic E-state index is -1.83. The summed E-state index contributed by atoms with van der Waals surface area (Å²) in [4.78, 5) is 24.3. The van der Waals surface area contributed by atoms with E-state index in [0.717, 1.165) is 24.3 Å². The molecule has 214 valence electrons. The average Bonchev–Trinajstić information content (AvgIpc) is 2.94. The highest BCUT2D eigenvalue weighted by molar-refractivity contribution is 5.92. The molecule has 1 saturated heterocycles. The van der Waals surface area contributed by atoms with Crippen molar-refractivity contribution in [3.8, 4) is 51.4 Å². The van der Waals surface area contributed by atoms with Gasteiger partial charge in [0.2, 0.25) is 6.29 Å². The highest BCUT2D eigenvalue weighted by Gasteiger charge is 2.46. The number of carbonyl (C=O) groups excluding carboxylic acids is 1. The smallest absolute Gasteiger partial charge is 0.342 e. The molecule has 7 N–H and O–H groups in total. The normalized spacial score (nSPS) is 22.4. The molecule has 0 saturated carbocycles. The van der Waals surface area contributed by atoms with Gasteiger partial charge < -0.3 is 54.4 Å². The molecule has 0 spiro atoms. The van der Waals surface area contributed by atoms with Gasteiger partial charge in [0.25, 0.3) is 0 Å². The molecule has 2 aromatic carbocycles. The maximum Gasteiger partial charge on any atom is 0.342 e. The van der Waals surface area contributed by atoms with Gasteiger partial charge in [-0.3, -0.25) is 4.79 Å². The first kappa shape index (κ1) is 27.7. The first-order valence-electron chi connectivity index (χ1n) is 12.2. The number of para-hydroxylation sites is 1. The minimum Gasteiger partial charge on any atom is -0.507 e. The Labute approximate surface area is 230 Å². The van der Waals surface area contributed by atoms with Gasteiger partial charge in [-0.2, -0.15) is 0 Å². The second-order valence-corrected chi connectivity index (χ2v) is 9.25. The number of hydrogen-bond donors (Lipinski definition) is 7. The predicted octanol–water partition coefficient (Wildman–Crippen LogP) is 1.28. The van der Waals surface area contributed by atoms with Gasteiger partial charge in [-0.15, -0.1) is 0 Å². The van der Waals surface area contributed by atoms with Crippen molar-refractivity contribution in [2.75, 3.05) is 6.61 Å². The van der Waals surface area contributed by atoms with Crippen molar-refractivity contribution >= 4 is 5.97 Å². The summed E-state index contributed by atoms with van der Waals surface area (Å²) in [6, 6.07) is 12.5. The topological polar surface area (TPSA) is 217 Å². The van der Waals surface area contributed by atoms with E-state index in [1.54, 1.807) is 0 Å². The number of carbonyl (C=O) groups is 1. The number of phenols is 4. The van der Waals surface area contributed by atoms with Crippen LogP contribution in [0.15, 0.2) is 69.9 Å². The lowest BCUT2D eigenvalue weighted by Gasteiger charge is -2.40. The molecule has 3 aliphatic rings. The summed E-state index contributed by atoms with van der Waals surface area (Å²) < 4.78 is 22.4. The summed E-state index contributed by atoms with van der Waals surface area (Å²) in [6.45, 7) is -0.605. The van der Waals surface area contributed by atoms with Gasteiger partial charge >= 0.3 is 5.97 Å². The Hall–Kier alpha value is -4.82. The Kier molecular flexibility index (Phi) is 7.43. The molecule has 0 aromatic heterocycles. The van der Waals surface area contributed by atoms with Gasteiger partial charge in [0.15, 0.2) is 28.4 Å². The SMILES string of the molecule is O=C(OC[C@H]1O[C@@H](Oc2cc3c(O)cc(=O)cc-3oc2-c2ccc(O)c(O)c2)[C@H](O)[C@@H](O)[C@@H]1O)c1ccccc1O. The number of phenolic OH excluding ortho intramolecular Hbond substituents is 4. The van der Waals surface area contributed by atoms with Crippen molar-refractivity contribution in [3.63, 3.8) is 0 Å². The van der Waals surface area contributed by atoms with E-state index in [2.05, 4.69) is 0 Å². The molecule has 5 atom stereocenters. The van der Waals surface area contributed by atoms with Crippen LogP contribution in [0.1, 0.15) is 10.4 Å². The number of esters is 1. The lowest BCUT2D eigenvalue weighted by molar-refractivity contribution is -0.277. The zero-order chi connectivity index (χ0) is 29.4. The van der Waals surface area contributed by atoms with Crippen molar-refractivity contribution in [2.24, 2.45) is 0 Å². The number of aliphatic hydroxyl groups is 3. The standard InChI is InChI=1S/C28H24O13/c29-13-8-18(32)15-10-21(26(39-20(15)9-13)12-5-6-17(31)19(33)7-12)40-28-25(36)24(35)23(34)22(41-28)11-38-27(37)14-3-1-2-4-16(14)30/h1-10,22-25,28,30-36H,11H2/t22-,23-,24+,25-,28-/m1/s1. The van der Waals surface area contributed by atoms with Crippen molar-refractivity contribution in [2.45, 2.75) is 30.7 Å². The van der Waals surface area contributed by atoms with E-state index in [4.69, 9.17) is 18.6 Å². The van der Waals surface area contributed by atoms with Crippen molar-refractivity contribution in [1.29, 1.82) is 0 Å². The fraction of sp³-hybridized carbons (Fsp3) is 0.214. The number of aromatic hydroxyl groups is 4. The molecular formula is C28H24O13. The molecule has 41 heavy (non-hydrogen) atoms. The minimum absolute atomic E-state index is 0.0328. The van der Waals surface area contributed by atoms with Crippen LogP contribution in [0.25, 0.3) is 22.6 Å². The van der Waals surface area contributed by atoms with Gasteiger partial charge in [-0.05, 0) is 36.4 Å². The monoisotopic (exact) mass is 568 g/mol. The van der Waals surface area contributed by atoms with E-state index in [1.807, 2.05) is 0 Å². The Balaban J connectivity index is 1.46. The molecule has 0 amide bonds. The average molecular weight is 568 g/mol. The van der Waals surface area contributed by atoms with Gasteiger partial charge in [-0.25, -0.2) is 4.79 Å². The van der Waals surface area contributed by atoms with E-state index < -0.39 is 66.0 Å². The lowest BCUT2D eigenvalue weighted by Crippen LogP contribution is -2.60. The third-order valence-corrected chi connectivity index (χ3v) is 6.46. The fourth-order valence-electron chi connectivity index (χ4n) is 4.29. The molecule has 2 heterocycles. The zero-order valence-corrected chi connectivity index (χ0v) is 20.9. The zero-order valence-electron chi connectivity index (χ0n) is 20.9. The summed E-state index contributed by atoms with van der Waals surface area (Å²) >= 11 is 0. The second kappa shape index (κ2) is 11.0. The molecule has 5 rings (SSSR count). The molecule has 0 radical (unpaired) electrons. The first-order valence-corrected chi connectivity index (χ1v) is 12.2. The Morgan fingerprint density at radius 2 is 1.56 bits per heavy atom. The highest BCUT2D eigenvalue weighted by Crippen LogP contribution is 2.43. The number of ether oxygens (including phenoxy) is 3. The van der Waals surface area contributed by atoms with Gasteiger partial charge in [0.1, 0.15) is 53.8 Å². The van der Waals surface area contributed by atoms with Crippen molar-refractivity contribution < 1.29 is 59.2 Å². The largest absolute Gasteiger partial charge is 0.507 e. The van der Waals surface area contributed by atoms with E-state index in [9.17, 15) is 45.3 Å². The Morgan fingerprint density at radius 1 is 0.805 bits per heavy atom. The molecule has 2 aromatic rings. The predicted molar refractivity (Wildman–Crippen MR) is 138 cm³/mol. The number of rotatable bonds is 6. The van der Waals surface area contributed by atoms with Crippen LogP contribution in [0.5, 0.6) is 28.7 Å². The highest BCUT2D eigenvalue weighted by atomic mass is 16.7. The van der Waals surface area contributed by atoms with Crippen LogP contribution < -0.4 is 10.2 Å². The van der Waals surface area contributed by atoms with Crippen LogP contribution >= 0.6 is 0 Å². The van der Waals surface area contributed by atoms with E-state index >= 15 is 0 Å². The third kappa shape index (κ3) is 5.47. The van der Waals surface area contributed by atoms with Crippen molar-refractivity contribution in [3.05, 3.63) is 76.5 Å². The maximum absolute atomic E-state index is 12.4. The van der Waals surface area contributed by atoms with E-state index in [-0.39, 0.29) is 39.7 Å². The van der Waals surface area contributed by atoms with Crippen LogP contribution in [0.4, 0.5) is 0 Å². The van der Waals surface area contributed by atoms with Crippen LogP contribution in [0.3, 0.4) is 0 Å². The van der Waals surface area contributed by atoms with Crippen LogP contribution in [0, 0.1) is 0 Å². The molecule has 13 nitrogen and oxygen atoms in total. The van der Waals surface area contributed by atoms with E-state index in [1.165, 1.54) is 36.4 Å². The quantitative estimate of drug-likeness (QED) is 0.129. The number of hydrogen-bond acceptors (Lipinski definition) is 13. The molecular weight excluding hydrogens is 544 g/mol. The molecule has 13 heteroatoms. The van der Waals surface area contributed by atoms with Crippen molar-refractivity contribution in [1.82, 2.24) is 0 Å². The summed E-state index contributed by atoms with van der Waals surface area (Å²) in [5, 5.41) is 71.5. The summed E-state index contributed by atoms with van der Waals surface area (Å²) in [5.41, 5.74) is -0.527. The molecule has 0 unspecified atom stereocenters. The van der Waals surface area contributed by atoms with Crippen LogP contribution in [-0.2, 0) is 9.47 Å².